The van der Waals surface area contributed by atoms with Crippen LogP contribution < -0.4 is 11.1 Å². The van der Waals surface area contributed by atoms with Crippen LogP contribution >= 0.6 is 0 Å². The third-order valence-corrected chi connectivity index (χ3v) is 3.23. The number of benzene rings is 1. The number of nitrogens with one attached hydrogen (secondary N) is 1. The number of anilines is 1. The van der Waals surface area contributed by atoms with Crippen molar-refractivity contribution in [1.29, 1.82) is 0 Å². The lowest BCUT2D eigenvalue weighted by Gasteiger charge is -2.21. The van der Waals surface area contributed by atoms with E-state index in [0.717, 1.165) is 25.1 Å². The molecule has 0 aliphatic carbocycles. The Kier molecular flexibility index (Phi) is 4.22. The SMILES string of the molecule is CC(CN1CCCC1=O)NC(=O)c1cc(N)cc(F)c1. The van der Waals surface area contributed by atoms with Gasteiger partial charge in [-0.15, -0.1) is 0 Å². The zero-order valence-electron chi connectivity index (χ0n) is 11.4. The largest absolute Gasteiger partial charge is 0.399 e. The van der Waals surface area contributed by atoms with Crippen molar-refractivity contribution in [3.63, 3.8) is 0 Å². The molecule has 0 saturated carbocycles. The highest BCUT2D eigenvalue weighted by Gasteiger charge is 2.22. The van der Waals surface area contributed by atoms with Crippen LogP contribution in [-0.2, 0) is 4.79 Å². The van der Waals surface area contributed by atoms with Crippen LogP contribution in [-0.4, -0.2) is 35.8 Å². The Bertz CT molecular complexity index is 513. The second-order valence-electron chi connectivity index (χ2n) is 5.09. The summed E-state index contributed by atoms with van der Waals surface area (Å²) >= 11 is 0. The second kappa shape index (κ2) is 5.90. The highest BCUT2D eigenvalue weighted by atomic mass is 19.1. The zero-order valence-corrected chi connectivity index (χ0v) is 11.4. The van der Waals surface area contributed by atoms with Gasteiger partial charge in [-0.1, -0.05) is 0 Å². The molecule has 2 rings (SSSR count). The average Bonchev–Trinajstić information content (AvgIpc) is 2.73. The van der Waals surface area contributed by atoms with Crippen LogP contribution in [0.5, 0.6) is 0 Å². The molecule has 1 heterocycles. The molecule has 1 aromatic carbocycles. The normalized spacial score (nSPS) is 16.3. The van der Waals surface area contributed by atoms with Crippen molar-refractivity contribution >= 4 is 17.5 Å². The molecular formula is C14H18FN3O2. The molecule has 6 heteroatoms. The summed E-state index contributed by atoms with van der Waals surface area (Å²) in [7, 11) is 0. The van der Waals surface area contributed by atoms with Crippen molar-refractivity contribution in [3.8, 4) is 0 Å². The smallest absolute Gasteiger partial charge is 0.251 e. The number of nitrogens with two attached hydrogens (primary N) is 1. The minimum absolute atomic E-state index is 0.112. The Morgan fingerprint density at radius 1 is 1.50 bits per heavy atom. The van der Waals surface area contributed by atoms with Gasteiger partial charge in [-0.25, -0.2) is 4.39 Å². The fourth-order valence-electron chi connectivity index (χ4n) is 2.32. The molecule has 5 nitrogen and oxygen atoms in total. The molecule has 20 heavy (non-hydrogen) atoms. The van der Waals surface area contributed by atoms with Gasteiger partial charge in [0, 0.05) is 36.8 Å². The molecular weight excluding hydrogens is 261 g/mol. The molecule has 1 aliphatic rings. The standard InChI is InChI=1S/C14H18FN3O2/c1-9(8-18-4-2-3-13(18)19)17-14(20)10-5-11(15)7-12(16)6-10/h5-7,9H,2-4,8,16H2,1H3,(H,17,20). The number of carbonyl (C=O) groups is 2. The van der Waals surface area contributed by atoms with Gasteiger partial charge in [0.2, 0.25) is 5.91 Å². The van der Waals surface area contributed by atoms with Crippen molar-refractivity contribution in [1.82, 2.24) is 10.2 Å². The summed E-state index contributed by atoms with van der Waals surface area (Å²) in [5.41, 5.74) is 5.89. The van der Waals surface area contributed by atoms with Crippen LogP contribution in [0.1, 0.15) is 30.1 Å². The van der Waals surface area contributed by atoms with Gasteiger partial charge in [0.25, 0.3) is 5.91 Å². The van der Waals surface area contributed by atoms with Crippen molar-refractivity contribution in [2.75, 3.05) is 18.8 Å². The van der Waals surface area contributed by atoms with E-state index in [4.69, 9.17) is 5.73 Å². The zero-order chi connectivity index (χ0) is 14.7. The van der Waals surface area contributed by atoms with Gasteiger partial charge in [-0.05, 0) is 31.5 Å². The molecule has 0 aromatic heterocycles. The predicted octanol–water partition coefficient (Wildman–Crippen LogP) is 1.15. The van der Waals surface area contributed by atoms with Crippen LogP contribution in [0.2, 0.25) is 0 Å². The minimum Gasteiger partial charge on any atom is -0.399 e. The lowest BCUT2D eigenvalue weighted by atomic mass is 10.1. The molecule has 108 valence electrons. The predicted molar refractivity (Wildman–Crippen MR) is 73.6 cm³/mol. The van der Waals surface area contributed by atoms with Gasteiger partial charge in [0.1, 0.15) is 5.82 Å². The Balaban J connectivity index is 1.94. The highest BCUT2D eigenvalue weighted by Crippen LogP contribution is 2.12. The summed E-state index contributed by atoms with van der Waals surface area (Å²) in [4.78, 5) is 25.2. The molecule has 1 aliphatic heterocycles. The van der Waals surface area contributed by atoms with Gasteiger partial charge in [0.15, 0.2) is 0 Å². The molecule has 1 unspecified atom stereocenters. The molecule has 1 fully saturated rings. The Morgan fingerprint density at radius 3 is 2.85 bits per heavy atom. The molecule has 1 saturated heterocycles. The summed E-state index contributed by atoms with van der Waals surface area (Å²) in [6.45, 7) is 3.01. The first-order chi connectivity index (χ1) is 9.45. The molecule has 0 bridgehead atoms. The van der Waals surface area contributed by atoms with E-state index < -0.39 is 11.7 Å². The number of nitrogens with zero attached hydrogens (tertiary/aromatic N) is 1. The van der Waals surface area contributed by atoms with E-state index in [1.165, 1.54) is 6.07 Å². The van der Waals surface area contributed by atoms with Crippen molar-refractivity contribution in [2.45, 2.75) is 25.8 Å². The summed E-state index contributed by atoms with van der Waals surface area (Å²) < 4.78 is 13.2. The molecule has 1 atom stereocenters. The van der Waals surface area contributed by atoms with E-state index in [9.17, 15) is 14.0 Å². The average molecular weight is 279 g/mol. The first kappa shape index (κ1) is 14.3. The van der Waals surface area contributed by atoms with Crippen LogP contribution in [0.3, 0.4) is 0 Å². The second-order valence-corrected chi connectivity index (χ2v) is 5.09. The lowest BCUT2D eigenvalue weighted by molar-refractivity contribution is -0.127. The van der Waals surface area contributed by atoms with Gasteiger partial charge in [-0.2, -0.15) is 0 Å². The topological polar surface area (TPSA) is 75.4 Å². The maximum Gasteiger partial charge on any atom is 0.251 e. The summed E-state index contributed by atoms with van der Waals surface area (Å²) in [5, 5.41) is 2.74. The number of hydrogen-bond acceptors (Lipinski definition) is 3. The quantitative estimate of drug-likeness (QED) is 0.812. The fourth-order valence-corrected chi connectivity index (χ4v) is 2.32. The van der Waals surface area contributed by atoms with Gasteiger partial charge < -0.3 is 16.0 Å². The Hall–Kier alpha value is -2.11. The van der Waals surface area contributed by atoms with E-state index in [1.807, 2.05) is 6.92 Å². The third kappa shape index (κ3) is 3.46. The van der Waals surface area contributed by atoms with Crippen LogP contribution in [0, 0.1) is 5.82 Å². The maximum absolute atomic E-state index is 13.2. The lowest BCUT2D eigenvalue weighted by Crippen LogP contribution is -2.42. The number of halogens is 1. The maximum atomic E-state index is 13.2. The summed E-state index contributed by atoms with van der Waals surface area (Å²) in [6.07, 6.45) is 1.43. The van der Waals surface area contributed by atoms with Crippen LogP contribution in [0.15, 0.2) is 18.2 Å². The number of amides is 2. The van der Waals surface area contributed by atoms with Crippen molar-refractivity contribution in [2.24, 2.45) is 0 Å². The van der Waals surface area contributed by atoms with E-state index in [1.54, 1.807) is 4.90 Å². The molecule has 0 radical (unpaired) electrons. The van der Waals surface area contributed by atoms with Gasteiger partial charge in [-0.3, -0.25) is 9.59 Å². The Labute approximate surface area is 116 Å². The molecule has 1 aromatic rings. The van der Waals surface area contributed by atoms with E-state index in [2.05, 4.69) is 5.32 Å². The summed E-state index contributed by atoms with van der Waals surface area (Å²) in [6, 6.07) is 3.52. The van der Waals surface area contributed by atoms with E-state index in [-0.39, 0.29) is 23.2 Å². The number of hydrogen-bond donors (Lipinski definition) is 2. The third-order valence-electron chi connectivity index (χ3n) is 3.23. The summed E-state index contributed by atoms with van der Waals surface area (Å²) in [5.74, 6) is -0.825. The van der Waals surface area contributed by atoms with E-state index in [0.29, 0.717) is 13.0 Å². The first-order valence-electron chi connectivity index (χ1n) is 6.60. The number of likely N-dealkylation sites (tertiary alicyclic amines) is 1. The first-order valence-corrected chi connectivity index (χ1v) is 6.60. The Morgan fingerprint density at radius 2 is 2.25 bits per heavy atom. The van der Waals surface area contributed by atoms with Crippen LogP contribution in [0.4, 0.5) is 10.1 Å². The molecule has 0 spiro atoms. The van der Waals surface area contributed by atoms with Crippen molar-refractivity contribution < 1.29 is 14.0 Å². The minimum atomic E-state index is -0.544. The van der Waals surface area contributed by atoms with E-state index >= 15 is 0 Å². The van der Waals surface area contributed by atoms with Gasteiger partial charge >= 0.3 is 0 Å². The van der Waals surface area contributed by atoms with Crippen molar-refractivity contribution in [3.05, 3.63) is 29.6 Å². The molecule has 2 amide bonds. The molecule has 3 N–H and O–H groups in total. The number of rotatable bonds is 4. The highest BCUT2D eigenvalue weighted by molar-refractivity contribution is 5.95. The van der Waals surface area contributed by atoms with Gasteiger partial charge in [0.05, 0.1) is 0 Å². The monoisotopic (exact) mass is 279 g/mol. The van der Waals surface area contributed by atoms with Crippen LogP contribution in [0.25, 0.3) is 0 Å². The fraction of sp³-hybridized carbons (Fsp3) is 0.429. The number of carbonyl (C=O) groups excluding carboxylic acids is 2. The number of nitrogen functional groups attached to an aromatic ring is 1.